The van der Waals surface area contributed by atoms with Crippen LogP contribution in [0.4, 0.5) is 9.18 Å². The lowest BCUT2D eigenvalue weighted by Crippen LogP contribution is -2.39. The first-order chi connectivity index (χ1) is 12.3. The second-order valence-electron chi connectivity index (χ2n) is 7.21. The number of hydrogen-bond acceptors (Lipinski definition) is 4. The Morgan fingerprint density at radius 2 is 1.73 bits per heavy atom. The lowest BCUT2D eigenvalue weighted by molar-refractivity contribution is 0.0270. The van der Waals surface area contributed by atoms with Gasteiger partial charge in [0.2, 0.25) is 0 Å². The monoisotopic (exact) mass is 355 g/mol. The van der Waals surface area contributed by atoms with Gasteiger partial charge in [0.1, 0.15) is 5.60 Å². The van der Waals surface area contributed by atoms with Gasteiger partial charge in [-0.2, -0.15) is 0 Å². The van der Waals surface area contributed by atoms with Crippen LogP contribution in [0.15, 0.2) is 42.7 Å². The summed E-state index contributed by atoms with van der Waals surface area (Å²) in [4.78, 5) is 21.8. The van der Waals surface area contributed by atoms with E-state index in [1.165, 1.54) is 5.57 Å². The van der Waals surface area contributed by atoms with E-state index in [4.69, 9.17) is 4.74 Å². The molecular weight excluding hydrogens is 333 g/mol. The topological polar surface area (TPSA) is 55.3 Å². The Morgan fingerprint density at radius 1 is 1.12 bits per heavy atom. The predicted octanol–water partition coefficient (Wildman–Crippen LogP) is 4.31. The van der Waals surface area contributed by atoms with Gasteiger partial charge in [-0.3, -0.25) is 0 Å². The van der Waals surface area contributed by atoms with Crippen LogP contribution < -0.4 is 0 Å². The molecule has 1 aromatic carbocycles. The molecule has 0 fully saturated rings. The lowest BCUT2D eigenvalue weighted by Gasteiger charge is -2.29. The summed E-state index contributed by atoms with van der Waals surface area (Å²) in [6.45, 7) is 6.75. The summed E-state index contributed by atoms with van der Waals surface area (Å²) in [6, 6.07) is 7.83. The number of amides is 1. The first-order valence-electron chi connectivity index (χ1n) is 8.57. The van der Waals surface area contributed by atoms with Crippen LogP contribution in [-0.4, -0.2) is 39.7 Å². The minimum absolute atomic E-state index is 0.281. The smallest absolute Gasteiger partial charge is 0.410 e. The molecule has 2 heterocycles. The van der Waals surface area contributed by atoms with Gasteiger partial charge < -0.3 is 9.64 Å². The molecule has 26 heavy (non-hydrogen) atoms. The predicted molar refractivity (Wildman–Crippen MR) is 97.8 cm³/mol. The molecule has 3 rings (SSSR count). The molecule has 0 saturated carbocycles. The summed E-state index contributed by atoms with van der Waals surface area (Å²) >= 11 is 0. The molecule has 0 N–H and O–H groups in total. The third kappa shape index (κ3) is 4.45. The summed E-state index contributed by atoms with van der Waals surface area (Å²) in [5, 5.41) is 0. The van der Waals surface area contributed by atoms with Crippen LogP contribution in [0.5, 0.6) is 0 Å². The van der Waals surface area contributed by atoms with E-state index >= 15 is 0 Å². The maximum Gasteiger partial charge on any atom is 0.410 e. The molecule has 1 aliphatic heterocycles. The fourth-order valence-electron chi connectivity index (χ4n) is 2.72. The Bertz CT molecular complexity index is 808. The van der Waals surface area contributed by atoms with E-state index in [-0.39, 0.29) is 6.09 Å². The van der Waals surface area contributed by atoms with Crippen molar-refractivity contribution in [1.82, 2.24) is 14.9 Å². The summed E-state index contributed by atoms with van der Waals surface area (Å²) in [7, 11) is 0. The maximum atomic E-state index is 12.9. The van der Waals surface area contributed by atoms with Crippen LogP contribution in [0.2, 0.25) is 0 Å². The number of carbonyl (C=O) groups is 1. The fraction of sp³-hybridized carbons (Fsp3) is 0.350. The largest absolute Gasteiger partial charge is 0.444 e. The molecule has 6 heteroatoms. The third-order valence-electron chi connectivity index (χ3n) is 4.00. The minimum atomic E-state index is -0.487. The van der Waals surface area contributed by atoms with E-state index in [1.54, 1.807) is 4.90 Å². The molecule has 1 amide bonds. The van der Waals surface area contributed by atoms with Gasteiger partial charge in [0.15, 0.2) is 11.6 Å². The van der Waals surface area contributed by atoms with Gasteiger partial charge in [-0.15, -0.1) is 0 Å². The molecule has 5 nitrogen and oxygen atoms in total. The molecule has 0 atom stereocenters. The minimum Gasteiger partial charge on any atom is -0.444 e. The van der Waals surface area contributed by atoms with Gasteiger partial charge in [-0.05, 0) is 38.3 Å². The number of carbonyl (C=O) groups excluding carboxylic acids is 1. The van der Waals surface area contributed by atoms with Crippen molar-refractivity contribution in [3.05, 3.63) is 54.1 Å². The summed E-state index contributed by atoms with van der Waals surface area (Å²) in [5.74, 6) is 0.0407. The number of benzene rings is 1. The average molecular weight is 355 g/mol. The number of rotatable bonds is 2. The molecule has 1 aromatic heterocycles. The van der Waals surface area contributed by atoms with Crippen molar-refractivity contribution in [2.45, 2.75) is 32.8 Å². The van der Waals surface area contributed by atoms with Crippen LogP contribution in [0.1, 0.15) is 32.8 Å². The number of ether oxygens (including phenoxy) is 1. The summed E-state index contributed by atoms with van der Waals surface area (Å²) in [5.41, 5.74) is 2.64. The van der Waals surface area contributed by atoms with Crippen LogP contribution in [0.3, 0.4) is 0 Å². The van der Waals surface area contributed by atoms with E-state index < -0.39 is 11.4 Å². The van der Waals surface area contributed by atoms with Crippen LogP contribution in [-0.2, 0) is 4.74 Å². The number of halogens is 1. The highest BCUT2D eigenvalue weighted by molar-refractivity contribution is 5.73. The number of aromatic nitrogens is 2. The van der Waals surface area contributed by atoms with Crippen LogP contribution in [0, 0.1) is 5.82 Å². The molecule has 0 bridgehead atoms. The quantitative estimate of drug-likeness (QED) is 0.806. The van der Waals surface area contributed by atoms with Crippen molar-refractivity contribution in [3.63, 3.8) is 0 Å². The Balaban J connectivity index is 1.67. The molecule has 2 aromatic rings. The van der Waals surface area contributed by atoms with Crippen LogP contribution in [0.25, 0.3) is 17.0 Å². The Hall–Kier alpha value is -2.76. The Morgan fingerprint density at radius 3 is 2.27 bits per heavy atom. The third-order valence-corrected chi connectivity index (χ3v) is 4.00. The van der Waals surface area contributed by atoms with Gasteiger partial charge in [0.25, 0.3) is 0 Å². The van der Waals surface area contributed by atoms with Crippen LogP contribution >= 0.6 is 0 Å². The van der Waals surface area contributed by atoms with E-state index in [0.29, 0.717) is 18.9 Å². The Kier molecular flexibility index (Phi) is 5.02. The standard InChI is InChI=1S/C20H22FN3O2/c1-20(2,3)26-19(25)24-10-8-15(9-11-24)14-4-6-16(7-5-14)18-22-12-17(21)13-23-18/h4-8,12-13H,9-11H2,1-3H3. The second kappa shape index (κ2) is 7.23. The van der Waals surface area contributed by atoms with Crippen molar-refractivity contribution in [1.29, 1.82) is 0 Å². The normalized spacial score (nSPS) is 14.8. The maximum absolute atomic E-state index is 12.9. The number of nitrogens with zero attached hydrogens (tertiary/aromatic N) is 3. The molecule has 0 unspecified atom stereocenters. The van der Waals surface area contributed by atoms with E-state index in [2.05, 4.69) is 16.0 Å². The van der Waals surface area contributed by atoms with Gasteiger partial charge in [-0.25, -0.2) is 19.2 Å². The van der Waals surface area contributed by atoms with Crippen molar-refractivity contribution in [2.24, 2.45) is 0 Å². The molecule has 0 radical (unpaired) electrons. The highest BCUT2D eigenvalue weighted by atomic mass is 19.1. The first-order valence-corrected chi connectivity index (χ1v) is 8.57. The van der Waals surface area contributed by atoms with E-state index in [1.807, 2.05) is 45.0 Å². The molecule has 136 valence electrons. The van der Waals surface area contributed by atoms with Crippen molar-refractivity contribution >= 4 is 11.7 Å². The van der Waals surface area contributed by atoms with E-state index in [0.717, 1.165) is 29.9 Å². The molecule has 1 aliphatic rings. The van der Waals surface area contributed by atoms with Gasteiger partial charge in [-0.1, -0.05) is 30.3 Å². The van der Waals surface area contributed by atoms with Gasteiger partial charge in [0.05, 0.1) is 12.4 Å². The zero-order chi connectivity index (χ0) is 18.7. The van der Waals surface area contributed by atoms with Crippen molar-refractivity contribution in [3.8, 4) is 11.4 Å². The highest BCUT2D eigenvalue weighted by Crippen LogP contribution is 2.25. The molecule has 0 saturated heterocycles. The van der Waals surface area contributed by atoms with Gasteiger partial charge in [0, 0.05) is 18.7 Å². The van der Waals surface area contributed by atoms with Crippen molar-refractivity contribution < 1.29 is 13.9 Å². The molecule has 0 aliphatic carbocycles. The lowest BCUT2D eigenvalue weighted by atomic mass is 9.98. The zero-order valence-corrected chi connectivity index (χ0v) is 15.2. The SMILES string of the molecule is CC(C)(C)OC(=O)N1CC=C(c2ccc(-c3ncc(F)cn3)cc2)CC1. The zero-order valence-electron chi connectivity index (χ0n) is 15.2. The fourth-order valence-corrected chi connectivity index (χ4v) is 2.72. The highest BCUT2D eigenvalue weighted by Gasteiger charge is 2.23. The summed E-state index contributed by atoms with van der Waals surface area (Å²) in [6.07, 6.45) is 4.86. The first kappa shape index (κ1) is 18.0. The average Bonchev–Trinajstić information content (AvgIpc) is 2.61. The van der Waals surface area contributed by atoms with Gasteiger partial charge >= 0.3 is 6.09 Å². The van der Waals surface area contributed by atoms with Crippen molar-refractivity contribution in [2.75, 3.05) is 13.1 Å². The Labute approximate surface area is 152 Å². The van der Waals surface area contributed by atoms with E-state index in [9.17, 15) is 9.18 Å². The molecular formula is C20H22FN3O2. The second-order valence-corrected chi connectivity index (χ2v) is 7.21. The molecule has 0 spiro atoms. The summed E-state index contributed by atoms with van der Waals surface area (Å²) < 4.78 is 18.3. The number of hydrogen-bond donors (Lipinski definition) is 0.